The lowest BCUT2D eigenvalue weighted by molar-refractivity contribution is -0.280. The fourth-order valence-electron chi connectivity index (χ4n) is 6.13. The zero-order chi connectivity index (χ0) is 35.9. The summed E-state index contributed by atoms with van der Waals surface area (Å²) in [4.78, 5) is 0. The van der Waals surface area contributed by atoms with Crippen molar-refractivity contribution in [3.05, 3.63) is 73.2 Å². The number of methoxy groups -OCH3 is 2. The van der Waals surface area contributed by atoms with E-state index < -0.39 is 18.9 Å². The summed E-state index contributed by atoms with van der Waals surface area (Å²) in [5, 5.41) is 9.83. The molecule has 0 radical (unpaired) electrons. The van der Waals surface area contributed by atoms with E-state index in [0.29, 0.717) is 68.7 Å². The number of hydrogen-bond acceptors (Lipinski definition) is 12. The Balaban J connectivity index is 1.51. The lowest BCUT2D eigenvalue weighted by Gasteiger charge is -2.41. The van der Waals surface area contributed by atoms with Crippen LogP contribution in [0.1, 0.15) is 76.6 Å². The molecule has 4 rings (SSSR count). The van der Waals surface area contributed by atoms with Gasteiger partial charge in [0.2, 0.25) is 0 Å². The molecule has 0 aliphatic carbocycles. The summed E-state index contributed by atoms with van der Waals surface area (Å²) in [6.07, 6.45) is 3.19. The molecule has 2 fully saturated rings. The fourth-order valence-corrected chi connectivity index (χ4v) is 6.13. The van der Waals surface area contributed by atoms with Gasteiger partial charge in [-0.3, -0.25) is 0 Å². The van der Waals surface area contributed by atoms with Crippen LogP contribution in [0.2, 0.25) is 0 Å². The summed E-state index contributed by atoms with van der Waals surface area (Å²) in [7, 11) is 3.19. The Kier molecular flexibility index (Phi) is 16.0. The third-order valence-corrected chi connectivity index (χ3v) is 8.39. The normalized spacial score (nSPS) is 24.8. The van der Waals surface area contributed by atoms with E-state index in [1.165, 1.54) is 12.5 Å². The van der Waals surface area contributed by atoms with Crippen molar-refractivity contribution in [2.24, 2.45) is 0 Å². The van der Waals surface area contributed by atoms with Gasteiger partial charge in [-0.15, -0.1) is 0 Å². The first-order chi connectivity index (χ1) is 24.3. The van der Waals surface area contributed by atoms with Gasteiger partial charge in [0.25, 0.3) is 0 Å². The Morgan fingerprint density at radius 1 is 0.720 bits per heavy atom. The minimum absolute atomic E-state index is 0.00557. The van der Waals surface area contributed by atoms with Crippen molar-refractivity contribution in [1.29, 1.82) is 0 Å². The molecule has 1 N–H and O–H groups in total. The SMILES string of the molecule is C=COCCOc1ccc(C2OC(CC)CC(CC3CC(CC(C)OC(C)O)OC(c4ccc(OC)c(OCCOC=C)c4)O3)O2)cc1OC. The van der Waals surface area contributed by atoms with E-state index in [9.17, 15) is 5.11 Å². The van der Waals surface area contributed by atoms with Crippen molar-refractivity contribution < 1.29 is 57.2 Å². The highest BCUT2D eigenvalue weighted by Gasteiger charge is 2.37. The lowest BCUT2D eigenvalue weighted by Crippen LogP contribution is -2.41. The lowest BCUT2D eigenvalue weighted by atomic mass is 9.96. The van der Waals surface area contributed by atoms with E-state index in [1.807, 2.05) is 43.3 Å². The molecule has 2 heterocycles. The Morgan fingerprint density at radius 3 is 1.80 bits per heavy atom. The first-order valence-corrected chi connectivity index (χ1v) is 17.3. The molecule has 12 nitrogen and oxygen atoms in total. The van der Waals surface area contributed by atoms with Crippen LogP contribution in [0.3, 0.4) is 0 Å². The van der Waals surface area contributed by atoms with Gasteiger partial charge in [-0.25, -0.2) is 0 Å². The van der Waals surface area contributed by atoms with Gasteiger partial charge in [-0.1, -0.05) is 32.2 Å². The highest BCUT2D eigenvalue weighted by atomic mass is 16.7. The summed E-state index contributed by atoms with van der Waals surface area (Å²) in [6.45, 7) is 14.1. The standard InChI is InChI=1S/C38H54O12/c1-8-29-22-31(49-37(47-29)27-12-14-34(35(20-27)41-7)44-17-15-42-9-2)24-32-23-30(19-25(4)46-26(5)39)48-38(50-32)28-11-13-33(40-6)36(21-28)45-18-16-43-10-3/h9-14,20-21,25-26,29-32,37-39H,2-3,8,15-19,22-24H2,1,4-7H3. The Morgan fingerprint density at radius 2 is 1.24 bits per heavy atom. The van der Waals surface area contributed by atoms with Crippen LogP contribution in [0.25, 0.3) is 0 Å². The highest BCUT2D eigenvalue weighted by molar-refractivity contribution is 5.44. The molecule has 2 aliphatic heterocycles. The van der Waals surface area contributed by atoms with Crippen LogP contribution in [-0.2, 0) is 33.2 Å². The maximum Gasteiger partial charge on any atom is 0.184 e. The van der Waals surface area contributed by atoms with E-state index in [4.69, 9.17) is 52.1 Å². The van der Waals surface area contributed by atoms with Crippen LogP contribution < -0.4 is 18.9 Å². The number of rotatable bonds is 21. The third-order valence-electron chi connectivity index (χ3n) is 8.39. The molecule has 12 heteroatoms. The zero-order valence-electron chi connectivity index (χ0n) is 30.0. The molecule has 8 unspecified atom stereocenters. The van der Waals surface area contributed by atoms with Crippen molar-refractivity contribution in [3.8, 4) is 23.0 Å². The van der Waals surface area contributed by atoms with Crippen molar-refractivity contribution in [2.75, 3.05) is 40.6 Å². The molecule has 0 spiro atoms. The third kappa shape index (κ3) is 11.8. The second kappa shape index (κ2) is 20.4. The molecule has 278 valence electrons. The summed E-state index contributed by atoms with van der Waals surface area (Å²) in [6, 6.07) is 11.3. The summed E-state index contributed by atoms with van der Waals surface area (Å²) in [5.74, 6) is 2.31. The minimum Gasteiger partial charge on any atom is -0.498 e. The predicted molar refractivity (Wildman–Crippen MR) is 185 cm³/mol. The molecule has 2 aromatic carbocycles. The number of ether oxygens (including phenoxy) is 11. The molecule has 2 aliphatic rings. The van der Waals surface area contributed by atoms with Crippen molar-refractivity contribution in [1.82, 2.24) is 0 Å². The molecule has 0 bridgehead atoms. The highest BCUT2D eigenvalue weighted by Crippen LogP contribution is 2.41. The zero-order valence-corrected chi connectivity index (χ0v) is 30.0. The molecule has 0 amide bonds. The Hall–Kier alpha value is -3.52. The average molecular weight is 703 g/mol. The Labute approximate surface area is 296 Å². The second-order valence-corrected chi connectivity index (χ2v) is 12.2. The van der Waals surface area contributed by atoms with Crippen molar-refractivity contribution in [2.45, 2.75) is 102 Å². The van der Waals surface area contributed by atoms with Gasteiger partial charge >= 0.3 is 0 Å². The maximum absolute atomic E-state index is 9.83. The second-order valence-electron chi connectivity index (χ2n) is 12.2. The van der Waals surface area contributed by atoms with Crippen LogP contribution in [-0.4, -0.2) is 82.6 Å². The molecule has 2 saturated heterocycles. The first kappa shape index (κ1) is 39.3. The molecular weight excluding hydrogens is 648 g/mol. The van der Waals surface area contributed by atoms with Gasteiger partial charge in [0.05, 0.1) is 57.3 Å². The van der Waals surface area contributed by atoms with E-state index in [2.05, 4.69) is 20.1 Å². The number of hydrogen-bond donors (Lipinski definition) is 1. The van der Waals surface area contributed by atoms with Gasteiger partial charge in [0, 0.05) is 30.4 Å². The average Bonchev–Trinajstić information content (AvgIpc) is 3.11. The quantitative estimate of drug-likeness (QED) is 0.0841. The molecule has 2 aromatic rings. The van der Waals surface area contributed by atoms with Gasteiger partial charge in [-0.2, -0.15) is 0 Å². The predicted octanol–water partition coefficient (Wildman–Crippen LogP) is 6.76. The molecule has 0 saturated carbocycles. The van der Waals surface area contributed by atoms with Crippen LogP contribution in [0.4, 0.5) is 0 Å². The Bertz CT molecular complexity index is 1320. The molecule has 8 atom stereocenters. The summed E-state index contributed by atoms with van der Waals surface area (Å²) < 4.78 is 65.1. The largest absolute Gasteiger partial charge is 0.498 e. The topological polar surface area (TPSA) is 122 Å². The molecule has 50 heavy (non-hydrogen) atoms. The van der Waals surface area contributed by atoms with Gasteiger partial charge < -0.3 is 57.2 Å². The van der Waals surface area contributed by atoms with Crippen LogP contribution in [0.15, 0.2) is 62.1 Å². The van der Waals surface area contributed by atoms with Crippen molar-refractivity contribution >= 4 is 0 Å². The van der Waals surface area contributed by atoms with Crippen molar-refractivity contribution in [3.63, 3.8) is 0 Å². The van der Waals surface area contributed by atoms with E-state index >= 15 is 0 Å². The maximum atomic E-state index is 9.83. The smallest absolute Gasteiger partial charge is 0.184 e. The monoisotopic (exact) mass is 702 g/mol. The minimum atomic E-state index is -0.883. The van der Waals surface area contributed by atoms with E-state index in [1.54, 1.807) is 21.1 Å². The van der Waals surface area contributed by atoms with Gasteiger partial charge in [0.15, 0.2) is 41.9 Å². The van der Waals surface area contributed by atoms with Crippen LogP contribution in [0.5, 0.6) is 23.0 Å². The van der Waals surface area contributed by atoms with Gasteiger partial charge in [-0.05, 0) is 51.0 Å². The number of benzene rings is 2. The number of aliphatic hydroxyl groups excluding tert-OH is 1. The molecular formula is C38H54O12. The van der Waals surface area contributed by atoms with E-state index in [-0.39, 0.29) is 30.5 Å². The van der Waals surface area contributed by atoms with Gasteiger partial charge in [0.1, 0.15) is 26.4 Å². The van der Waals surface area contributed by atoms with E-state index in [0.717, 1.165) is 24.0 Å². The summed E-state index contributed by atoms with van der Waals surface area (Å²) in [5.41, 5.74) is 1.61. The van der Waals surface area contributed by atoms with Crippen LogP contribution >= 0.6 is 0 Å². The van der Waals surface area contributed by atoms with Crippen LogP contribution in [0, 0.1) is 0 Å². The number of aliphatic hydroxyl groups is 1. The first-order valence-electron chi connectivity index (χ1n) is 17.3. The molecule has 0 aromatic heterocycles. The summed E-state index contributed by atoms with van der Waals surface area (Å²) >= 11 is 0. The fraction of sp³-hybridized carbons (Fsp3) is 0.579.